The molecule has 1 aromatic carbocycles. The zero-order valence-corrected chi connectivity index (χ0v) is 18.9. The number of nitrogens with zero attached hydrogens (tertiary/aromatic N) is 2. The number of rotatable bonds is 10. The molecule has 1 aromatic rings. The van der Waals surface area contributed by atoms with E-state index in [4.69, 9.17) is 4.74 Å². The first-order valence-corrected chi connectivity index (χ1v) is 12.1. The maximum absolute atomic E-state index is 12.9. The van der Waals surface area contributed by atoms with Gasteiger partial charge in [-0.05, 0) is 42.9 Å². The van der Waals surface area contributed by atoms with Gasteiger partial charge in [0.2, 0.25) is 15.9 Å². The molecule has 0 N–H and O–H groups in total. The number of ether oxygens (including phenoxy) is 1. The molecule has 1 aliphatic heterocycles. The molecule has 0 aliphatic carbocycles. The van der Waals surface area contributed by atoms with E-state index in [1.807, 2.05) is 17.0 Å². The number of sulfonamides is 1. The van der Waals surface area contributed by atoms with Gasteiger partial charge in [0, 0.05) is 39.7 Å². The molecule has 1 fully saturated rings. The van der Waals surface area contributed by atoms with Gasteiger partial charge in [0.25, 0.3) is 0 Å². The Morgan fingerprint density at radius 1 is 1.10 bits per heavy atom. The minimum Gasteiger partial charge on any atom is -0.383 e. The minimum atomic E-state index is -3.43. The van der Waals surface area contributed by atoms with E-state index in [9.17, 15) is 13.2 Å². The molecule has 1 aliphatic rings. The van der Waals surface area contributed by atoms with E-state index in [0.717, 1.165) is 37.8 Å². The fourth-order valence-electron chi connectivity index (χ4n) is 3.63. The highest BCUT2D eigenvalue weighted by Gasteiger charge is 2.25. The van der Waals surface area contributed by atoms with Crippen molar-refractivity contribution in [2.75, 3.05) is 39.9 Å². The molecule has 0 saturated carbocycles. The van der Waals surface area contributed by atoms with Crippen molar-refractivity contribution in [3.63, 3.8) is 0 Å². The number of amides is 1. The van der Waals surface area contributed by atoms with Crippen LogP contribution in [0.5, 0.6) is 0 Å². The average Bonchev–Trinajstić information content (AvgIpc) is 2.99. The topological polar surface area (TPSA) is 66.9 Å². The fraction of sp³-hybridized carbons (Fsp3) is 0.682. The van der Waals surface area contributed by atoms with Crippen molar-refractivity contribution >= 4 is 15.9 Å². The molecule has 0 aromatic heterocycles. The zero-order valence-electron chi connectivity index (χ0n) is 18.1. The van der Waals surface area contributed by atoms with Crippen LogP contribution in [0.4, 0.5) is 0 Å². The van der Waals surface area contributed by atoms with Crippen LogP contribution in [0.25, 0.3) is 0 Å². The Bertz CT molecular complexity index is 724. The van der Waals surface area contributed by atoms with Crippen LogP contribution in [-0.4, -0.2) is 63.4 Å². The second-order valence-corrected chi connectivity index (χ2v) is 10.1. The zero-order chi connectivity index (χ0) is 21.3. The van der Waals surface area contributed by atoms with Gasteiger partial charge in [0.05, 0.1) is 11.5 Å². The van der Waals surface area contributed by atoms with E-state index < -0.39 is 10.0 Å². The van der Waals surface area contributed by atoms with Crippen molar-refractivity contribution in [3.05, 3.63) is 29.8 Å². The molecule has 0 unspecified atom stereocenters. The first kappa shape index (κ1) is 23.8. The summed E-state index contributed by atoms with van der Waals surface area (Å²) in [5, 5.41) is 0. The minimum absolute atomic E-state index is 0.108. The number of hydrogen-bond acceptors (Lipinski definition) is 4. The van der Waals surface area contributed by atoms with Crippen LogP contribution < -0.4 is 0 Å². The van der Waals surface area contributed by atoms with Crippen LogP contribution in [0.1, 0.15) is 51.5 Å². The molecule has 29 heavy (non-hydrogen) atoms. The Kier molecular flexibility index (Phi) is 9.59. The van der Waals surface area contributed by atoms with E-state index >= 15 is 0 Å². The quantitative estimate of drug-likeness (QED) is 0.578. The second-order valence-electron chi connectivity index (χ2n) is 8.19. The van der Waals surface area contributed by atoms with Gasteiger partial charge in [-0.1, -0.05) is 38.8 Å². The molecule has 1 saturated heterocycles. The lowest BCUT2D eigenvalue weighted by atomic mass is 10.1. The Hall–Kier alpha value is -1.44. The van der Waals surface area contributed by atoms with Gasteiger partial charge in [0.1, 0.15) is 0 Å². The average molecular weight is 425 g/mol. The van der Waals surface area contributed by atoms with Crippen LogP contribution in [0.2, 0.25) is 0 Å². The Morgan fingerprint density at radius 2 is 1.72 bits per heavy atom. The summed E-state index contributed by atoms with van der Waals surface area (Å²) in [5.41, 5.74) is 0.976. The molecule has 164 valence electrons. The molecular formula is C22H36N2O4S. The maximum atomic E-state index is 12.9. The highest BCUT2D eigenvalue weighted by molar-refractivity contribution is 7.89. The van der Waals surface area contributed by atoms with E-state index in [1.54, 1.807) is 23.5 Å². The molecule has 2 rings (SSSR count). The Balaban J connectivity index is 1.96. The summed E-state index contributed by atoms with van der Waals surface area (Å²) in [6.45, 7) is 7.24. The fourth-order valence-corrected chi connectivity index (χ4v) is 5.15. The lowest BCUT2D eigenvalue weighted by Gasteiger charge is -2.24. The molecule has 7 heteroatoms. The van der Waals surface area contributed by atoms with Gasteiger partial charge < -0.3 is 9.64 Å². The molecule has 1 heterocycles. The third-order valence-corrected chi connectivity index (χ3v) is 7.17. The van der Waals surface area contributed by atoms with Crippen LogP contribution >= 0.6 is 0 Å². The standard InChI is InChI=1S/C22H36N2O4S/c1-19(2)18-23(16-17-28-3)22(25)13-10-20-8-11-21(12-9-20)29(26,27)24-14-6-4-5-7-15-24/h8-9,11-12,19H,4-7,10,13-18H2,1-3H3. The third-order valence-electron chi connectivity index (χ3n) is 5.26. The molecule has 0 radical (unpaired) electrons. The molecular weight excluding hydrogens is 388 g/mol. The summed E-state index contributed by atoms with van der Waals surface area (Å²) in [7, 11) is -1.79. The van der Waals surface area contributed by atoms with Crippen molar-refractivity contribution in [2.45, 2.75) is 57.3 Å². The number of methoxy groups -OCH3 is 1. The summed E-state index contributed by atoms with van der Waals surface area (Å²) >= 11 is 0. The maximum Gasteiger partial charge on any atom is 0.243 e. The van der Waals surface area contributed by atoms with Gasteiger partial charge in [-0.2, -0.15) is 4.31 Å². The number of carbonyl (C=O) groups excluding carboxylic acids is 1. The predicted octanol–water partition coefficient (Wildman–Crippen LogP) is 3.31. The van der Waals surface area contributed by atoms with E-state index in [-0.39, 0.29) is 5.91 Å². The van der Waals surface area contributed by atoms with E-state index in [1.165, 1.54) is 0 Å². The smallest absolute Gasteiger partial charge is 0.243 e. The number of benzene rings is 1. The highest BCUT2D eigenvalue weighted by Crippen LogP contribution is 2.21. The third kappa shape index (κ3) is 7.39. The normalized spacial score (nSPS) is 16.0. The van der Waals surface area contributed by atoms with Crippen LogP contribution in [-0.2, 0) is 26.0 Å². The van der Waals surface area contributed by atoms with Crippen molar-refractivity contribution < 1.29 is 17.9 Å². The van der Waals surface area contributed by atoms with Gasteiger partial charge in [-0.25, -0.2) is 8.42 Å². The molecule has 0 atom stereocenters. The summed E-state index contributed by atoms with van der Waals surface area (Å²) in [6, 6.07) is 7.02. The van der Waals surface area contributed by atoms with Gasteiger partial charge in [-0.3, -0.25) is 4.79 Å². The van der Waals surface area contributed by atoms with Crippen molar-refractivity contribution in [1.29, 1.82) is 0 Å². The summed E-state index contributed by atoms with van der Waals surface area (Å²) in [4.78, 5) is 14.8. The first-order chi connectivity index (χ1) is 13.8. The van der Waals surface area contributed by atoms with E-state index in [2.05, 4.69) is 13.8 Å². The lowest BCUT2D eigenvalue weighted by molar-refractivity contribution is -0.132. The molecule has 6 nitrogen and oxygen atoms in total. The first-order valence-electron chi connectivity index (χ1n) is 10.7. The van der Waals surface area contributed by atoms with Gasteiger partial charge in [-0.15, -0.1) is 0 Å². The summed E-state index contributed by atoms with van der Waals surface area (Å²) in [5.74, 6) is 0.510. The number of aryl methyl sites for hydroxylation is 1. The van der Waals surface area contributed by atoms with Gasteiger partial charge in [0.15, 0.2) is 0 Å². The van der Waals surface area contributed by atoms with Crippen LogP contribution in [0.15, 0.2) is 29.2 Å². The lowest BCUT2D eigenvalue weighted by Crippen LogP contribution is -2.36. The largest absolute Gasteiger partial charge is 0.383 e. The van der Waals surface area contributed by atoms with Gasteiger partial charge >= 0.3 is 0 Å². The highest BCUT2D eigenvalue weighted by atomic mass is 32.2. The Morgan fingerprint density at radius 3 is 2.28 bits per heavy atom. The number of carbonyl (C=O) groups is 1. The Labute approximate surface area is 176 Å². The molecule has 1 amide bonds. The summed E-state index contributed by atoms with van der Waals surface area (Å²) < 4.78 is 32.5. The number of hydrogen-bond donors (Lipinski definition) is 0. The summed E-state index contributed by atoms with van der Waals surface area (Å²) in [6.07, 6.45) is 5.05. The van der Waals surface area contributed by atoms with Crippen molar-refractivity contribution in [2.24, 2.45) is 5.92 Å². The van der Waals surface area contributed by atoms with Crippen LogP contribution in [0.3, 0.4) is 0 Å². The van der Waals surface area contributed by atoms with Crippen LogP contribution in [0, 0.1) is 5.92 Å². The second kappa shape index (κ2) is 11.7. The molecule has 0 spiro atoms. The predicted molar refractivity (Wildman–Crippen MR) is 115 cm³/mol. The van der Waals surface area contributed by atoms with Crippen molar-refractivity contribution in [1.82, 2.24) is 9.21 Å². The monoisotopic (exact) mass is 424 g/mol. The SMILES string of the molecule is COCCN(CC(C)C)C(=O)CCc1ccc(S(=O)(=O)N2CCCCCC2)cc1. The van der Waals surface area contributed by atoms with Crippen molar-refractivity contribution in [3.8, 4) is 0 Å². The molecule has 0 bridgehead atoms. The van der Waals surface area contributed by atoms with E-state index in [0.29, 0.717) is 49.9 Å².